The van der Waals surface area contributed by atoms with E-state index in [-0.39, 0.29) is 18.3 Å². The van der Waals surface area contributed by atoms with Crippen LogP contribution in [-0.2, 0) is 4.74 Å². The Hall–Kier alpha value is -1.30. The maximum absolute atomic E-state index is 10.1. The highest BCUT2D eigenvalue weighted by molar-refractivity contribution is 5.41. The Morgan fingerprint density at radius 2 is 2.10 bits per heavy atom. The summed E-state index contributed by atoms with van der Waals surface area (Å²) in [4.78, 5) is 2.23. The van der Waals surface area contributed by atoms with E-state index in [4.69, 9.17) is 15.2 Å². The van der Waals surface area contributed by atoms with E-state index >= 15 is 0 Å². The second kappa shape index (κ2) is 6.64. The van der Waals surface area contributed by atoms with Crippen molar-refractivity contribution in [2.75, 3.05) is 32.0 Å². The van der Waals surface area contributed by atoms with E-state index in [0.717, 1.165) is 18.8 Å². The van der Waals surface area contributed by atoms with Crippen LogP contribution in [0.1, 0.15) is 20.8 Å². The third-order valence-electron chi connectivity index (χ3n) is 3.43. The molecule has 0 aliphatic carbocycles. The molecule has 1 fully saturated rings. The number of nitrogens with two attached hydrogens (primary N) is 1. The molecule has 0 bridgehead atoms. The highest BCUT2D eigenvalue weighted by Crippen LogP contribution is 2.21. The first-order valence-corrected chi connectivity index (χ1v) is 7.41. The van der Waals surface area contributed by atoms with Crippen LogP contribution in [0.25, 0.3) is 0 Å². The van der Waals surface area contributed by atoms with Crippen molar-refractivity contribution in [1.82, 2.24) is 4.90 Å². The number of nitrogen functional groups attached to an aromatic ring is 1. The van der Waals surface area contributed by atoms with E-state index in [2.05, 4.69) is 25.7 Å². The van der Waals surface area contributed by atoms with E-state index < -0.39 is 6.10 Å². The summed E-state index contributed by atoms with van der Waals surface area (Å²) >= 11 is 0. The topological polar surface area (TPSA) is 68.0 Å². The average Bonchev–Trinajstić information content (AvgIpc) is 2.35. The predicted octanol–water partition coefficient (Wildman–Crippen LogP) is 1.51. The first-order valence-electron chi connectivity index (χ1n) is 7.41. The summed E-state index contributed by atoms with van der Waals surface area (Å²) in [7, 11) is 0. The third kappa shape index (κ3) is 5.19. The van der Waals surface area contributed by atoms with Gasteiger partial charge in [0.25, 0.3) is 0 Å². The lowest BCUT2D eigenvalue weighted by atomic mass is 10.1. The maximum atomic E-state index is 10.1. The molecule has 118 valence electrons. The number of anilines is 1. The fraction of sp³-hybridized carbons (Fsp3) is 0.625. The van der Waals surface area contributed by atoms with Crippen LogP contribution in [0.15, 0.2) is 24.3 Å². The van der Waals surface area contributed by atoms with Crippen LogP contribution in [0.2, 0.25) is 0 Å². The van der Waals surface area contributed by atoms with Crippen molar-refractivity contribution in [1.29, 1.82) is 0 Å². The Labute approximate surface area is 126 Å². The average molecular weight is 294 g/mol. The summed E-state index contributed by atoms with van der Waals surface area (Å²) < 4.78 is 11.4. The van der Waals surface area contributed by atoms with Gasteiger partial charge in [0.1, 0.15) is 18.5 Å². The lowest BCUT2D eigenvalue weighted by Gasteiger charge is -2.42. The zero-order valence-electron chi connectivity index (χ0n) is 13.1. The molecule has 1 saturated heterocycles. The molecule has 1 aliphatic rings. The highest BCUT2D eigenvalue weighted by atomic mass is 16.5. The monoisotopic (exact) mass is 294 g/mol. The maximum Gasteiger partial charge on any atom is 0.119 e. The molecule has 2 atom stereocenters. The number of ether oxygens (including phenoxy) is 2. The molecule has 21 heavy (non-hydrogen) atoms. The number of aliphatic hydroxyl groups is 1. The van der Waals surface area contributed by atoms with Gasteiger partial charge in [0, 0.05) is 25.3 Å². The summed E-state index contributed by atoms with van der Waals surface area (Å²) in [6.07, 6.45) is -0.345. The summed E-state index contributed by atoms with van der Waals surface area (Å²) in [5.41, 5.74) is 6.15. The first kappa shape index (κ1) is 16.1. The molecule has 3 N–H and O–H groups in total. The Bertz CT molecular complexity index is 447. The number of β-amino-alcohol motifs (C(OH)–C–C–N with tert-alkyl or cyclic N) is 1. The van der Waals surface area contributed by atoms with Gasteiger partial charge in [-0.2, -0.15) is 0 Å². The van der Waals surface area contributed by atoms with Gasteiger partial charge in [-0.25, -0.2) is 0 Å². The lowest BCUT2D eigenvalue weighted by Crippen LogP contribution is -2.53. The van der Waals surface area contributed by atoms with Gasteiger partial charge in [-0.1, -0.05) is 0 Å². The van der Waals surface area contributed by atoms with Crippen molar-refractivity contribution >= 4 is 5.69 Å². The van der Waals surface area contributed by atoms with Gasteiger partial charge >= 0.3 is 0 Å². The van der Waals surface area contributed by atoms with E-state index in [1.807, 2.05) is 12.1 Å². The molecule has 5 heteroatoms. The molecule has 0 saturated carbocycles. The minimum Gasteiger partial charge on any atom is -0.491 e. The zero-order chi connectivity index (χ0) is 15.5. The molecular weight excluding hydrogens is 268 g/mol. The standard InChI is InChI=1S/C16H26N2O3/c1-12-8-18(11-16(2,3)21-12)9-14(19)10-20-15-6-4-13(17)5-7-15/h4-7,12,14,19H,8-11,17H2,1-3H3. The number of hydrogen-bond acceptors (Lipinski definition) is 5. The van der Waals surface area contributed by atoms with Crippen LogP contribution in [-0.4, -0.2) is 54.1 Å². The quantitative estimate of drug-likeness (QED) is 0.806. The summed E-state index contributed by atoms with van der Waals surface area (Å²) in [5.74, 6) is 0.721. The van der Waals surface area contributed by atoms with Gasteiger partial charge < -0.3 is 20.3 Å². The van der Waals surface area contributed by atoms with Gasteiger partial charge in [-0.05, 0) is 45.0 Å². The number of rotatable bonds is 5. The SMILES string of the molecule is CC1CN(CC(O)COc2ccc(N)cc2)CC(C)(C)O1. The van der Waals surface area contributed by atoms with E-state index in [9.17, 15) is 5.11 Å². The fourth-order valence-electron chi connectivity index (χ4n) is 2.83. The molecule has 0 amide bonds. The predicted molar refractivity (Wildman–Crippen MR) is 83.4 cm³/mol. The molecule has 5 nitrogen and oxygen atoms in total. The van der Waals surface area contributed by atoms with Crippen LogP contribution >= 0.6 is 0 Å². The molecule has 1 aromatic carbocycles. The largest absolute Gasteiger partial charge is 0.491 e. The smallest absolute Gasteiger partial charge is 0.119 e. The molecule has 1 aliphatic heterocycles. The van der Waals surface area contributed by atoms with Gasteiger partial charge in [-0.15, -0.1) is 0 Å². The second-order valence-corrected chi connectivity index (χ2v) is 6.42. The van der Waals surface area contributed by atoms with Crippen LogP contribution in [0.3, 0.4) is 0 Å². The minimum absolute atomic E-state index is 0.171. The van der Waals surface area contributed by atoms with E-state index in [0.29, 0.717) is 12.2 Å². The van der Waals surface area contributed by atoms with Gasteiger partial charge in [-0.3, -0.25) is 4.90 Å². The van der Waals surface area contributed by atoms with Crippen molar-refractivity contribution in [2.45, 2.75) is 38.6 Å². The third-order valence-corrected chi connectivity index (χ3v) is 3.43. The number of morpholine rings is 1. The normalized spacial score (nSPS) is 23.7. The van der Waals surface area contributed by atoms with Crippen molar-refractivity contribution in [3.05, 3.63) is 24.3 Å². The molecule has 2 rings (SSSR count). The summed E-state index contributed by atoms with van der Waals surface area (Å²) in [6.45, 7) is 8.73. The van der Waals surface area contributed by atoms with Gasteiger partial charge in [0.15, 0.2) is 0 Å². The Morgan fingerprint density at radius 1 is 1.43 bits per heavy atom. The Morgan fingerprint density at radius 3 is 2.71 bits per heavy atom. The molecule has 0 spiro atoms. The molecule has 0 aromatic heterocycles. The van der Waals surface area contributed by atoms with Crippen LogP contribution in [0, 0.1) is 0 Å². The molecule has 1 aromatic rings. The second-order valence-electron chi connectivity index (χ2n) is 6.42. The summed E-state index contributed by atoms with van der Waals surface area (Å²) in [6, 6.07) is 7.19. The lowest BCUT2D eigenvalue weighted by molar-refractivity contribution is -0.134. The van der Waals surface area contributed by atoms with E-state index in [1.165, 1.54) is 0 Å². The van der Waals surface area contributed by atoms with Crippen LogP contribution in [0.5, 0.6) is 5.75 Å². The van der Waals surface area contributed by atoms with Crippen molar-refractivity contribution < 1.29 is 14.6 Å². The number of aliphatic hydroxyl groups excluding tert-OH is 1. The van der Waals surface area contributed by atoms with Gasteiger partial charge in [0.05, 0.1) is 11.7 Å². The van der Waals surface area contributed by atoms with Crippen molar-refractivity contribution in [2.24, 2.45) is 0 Å². The van der Waals surface area contributed by atoms with Crippen LogP contribution < -0.4 is 10.5 Å². The fourth-order valence-corrected chi connectivity index (χ4v) is 2.83. The Kier molecular flexibility index (Phi) is 5.08. The Balaban J connectivity index is 1.78. The molecule has 0 radical (unpaired) electrons. The van der Waals surface area contributed by atoms with Gasteiger partial charge in [0.2, 0.25) is 0 Å². The molecule has 2 unspecified atom stereocenters. The highest BCUT2D eigenvalue weighted by Gasteiger charge is 2.31. The van der Waals surface area contributed by atoms with Crippen LogP contribution in [0.4, 0.5) is 5.69 Å². The number of benzene rings is 1. The van der Waals surface area contributed by atoms with E-state index in [1.54, 1.807) is 12.1 Å². The molecule has 1 heterocycles. The molecular formula is C16H26N2O3. The summed E-state index contributed by atoms with van der Waals surface area (Å²) in [5, 5.41) is 10.1. The number of nitrogens with zero attached hydrogens (tertiary/aromatic N) is 1. The minimum atomic E-state index is -0.524. The zero-order valence-corrected chi connectivity index (χ0v) is 13.1. The van der Waals surface area contributed by atoms with Crippen molar-refractivity contribution in [3.8, 4) is 5.75 Å². The first-order chi connectivity index (χ1) is 9.84. The van der Waals surface area contributed by atoms with Crippen molar-refractivity contribution in [3.63, 3.8) is 0 Å². The number of hydrogen-bond donors (Lipinski definition) is 2.